The van der Waals surface area contributed by atoms with Gasteiger partial charge in [-0.25, -0.2) is 4.79 Å². The van der Waals surface area contributed by atoms with Crippen LogP contribution in [0.5, 0.6) is 17.2 Å². The van der Waals surface area contributed by atoms with E-state index >= 15 is 0 Å². The van der Waals surface area contributed by atoms with Crippen molar-refractivity contribution in [1.29, 1.82) is 0 Å². The van der Waals surface area contributed by atoms with Crippen molar-refractivity contribution in [2.24, 2.45) is 0 Å². The van der Waals surface area contributed by atoms with Gasteiger partial charge in [0.1, 0.15) is 12.4 Å². The molecule has 0 fully saturated rings. The Morgan fingerprint density at radius 2 is 2.04 bits per heavy atom. The van der Waals surface area contributed by atoms with E-state index in [2.05, 4.69) is 5.32 Å². The molecule has 1 N–H and O–H groups in total. The summed E-state index contributed by atoms with van der Waals surface area (Å²) in [5, 5.41) is 2.90. The SMILES string of the molecule is CCN(Cc1ccc2c(c1)OCO2)C(=O)NCCOc1cccc(C)c1. The smallest absolute Gasteiger partial charge is 0.317 e. The molecule has 138 valence electrons. The van der Waals surface area contributed by atoms with Crippen LogP contribution in [0.3, 0.4) is 0 Å². The second-order valence-electron chi connectivity index (χ2n) is 6.10. The van der Waals surface area contributed by atoms with Gasteiger partial charge in [0.2, 0.25) is 6.79 Å². The monoisotopic (exact) mass is 356 g/mol. The number of amides is 2. The summed E-state index contributed by atoms with van der Waals surface area (Å²) >= 11 is 0. The number of fused-ring (bicyclic) bond motifs is 1. The van der Waals surface area contributed by atoms with E-state index in [4.69, 9.17) is 14.2 Å². The highest BCUT2D eigenvalue weighted by molar-refractivity contribution is 5.74. The van der Waals surface area contributed by atoms with Gasteiger partial charge in [0.15, 0.2) is 11.5 Å². The summed E-state index contributed by atoms with van der Waals surface area (Å²) < 4.78 is 16.4. The van der Waals surface area contributed by atoms with Gasteiger partial charge in [-0.1, -0.05) is 18.2 Å². The Balaban J connectivity index is 1.46. The van der Waals surface area contributed by atoms with Crippen LogP contribution in [-0.4, -0.2) is 37.4 Å². The van der Waals surface area contributed by atoms with Crippen molar-refractivity contribution in [1.82, 2.24) is 10.2 Å². The van der Waals surface area contributed by atoms with E-state index < -0.39 is 0 Å². The van der Waals surface area contributed by atoms with Crippen LogP contribution < -0.4 is 19.5 Å². The van der Waals surface area contributed by atoms with Crippen molar-refractivity contribution in [2.45, 2.75) is 20.4 Å². The average Bonchev–Trinajstić information content (AvgIpc) is 3.11. The molecule has 0 aliphatic carbocycles. The normalized spacial score (nSPS) is 11.9. The van der Waals surface area contributed by atoms with Crippen LogP contribution in [0.15, 0.2) is 42.5 Å². The van der Waals surface area contributed by atoms with E-state index in [0.717, 1.165) is 28.4 Å². The second kappa shape index (κ2) is 8.47. The summed E-state index contributed by atoms with van der Waals surface area (Å²) in [6.07, 6.45) is 0. The fraction of sp³-hybridized carbons (Fsp3) is 0.350. The molecule has 1 aliphatic heterocycles. The quantitative estimate of drug-likeness (QED) is 0.773. The summed E-state index contributed by atoms with van der Waals surface area (Å²) in [7, 11) is 0. The number of nitrogens with one attached hydrogen (secondary N) is 1. The van der Waals surface area contributed by atoms with Crippen LogP contribution in [-0.2, 0) is 6.54 Å². The molecule has 1 aliphatic rings. The van der Waals surface area contributed by atoms with E-state index in [1.54, 1.807) is 4.90 Å². The number of urea groups is 1. The molecule has 2 aromatic rings. The number of ether oxygens (including phenoxy) is 3. The Bertz CT molecular complexity index is 763. The lowest BCUT2D eigenvalue weighted by Crippen LogP contribution is -2.41. The van der Waals surface area contributed by atoms with Crippen LogP contribution in [0.4, 0.5) is 4.79 Å². The maximum Gasteiger partial charge on any atom is 0.317 e. The number of nitrogens with zero attached hydrogens (tertiary/aromatic N) is 1. The molecule has 2 amide bonds. The largest absolute Gasteiger partial charge is 0.492 e. The first kappa shape index (κ1) is 17.9. The molecular weight excluding hydrogens is 332 g/mol. The molecule has 0 unspecified atom stereocenters. The maximum absolute atomic E-state index is 12.4. The minimum atomic E-state index is -0.113. The molecule has 26 heavy (non-hydrogen) atoms. The molecule has 0 bridgehead atoms. The summed E-state index contributed by atoms with van der Waals surface area (Å²) in [5.74, 6) is 2.28. The van der Waals surface area contributed by atoms with Crippen molar-refractivity contribution in [3.05, 3.63) is 53.6 Å². The average molecular weight is 356 g/mol. The number of aryl methyl sites for hydroxylation is 1. The maximum atomic E-state index is 12.4. The summed E-state index contributed by atoms with van der Waals surface area (Å²) in [6.45, 7) is 6.22. The van der Waals surface area contributed by atoms with Gasteiger partial charge >= 0.3 is 6.03 Å². The molecular formula is C20H24N2O4. The fourth-order valence-electron chi connectivity index (χ4n) is 2.73. The Labute approximate surface area is 153 Å². The molecule has 3 rings (SSSR count). The second-order valence-corrected chi connectivity index (χ2v) is 6.10. The van der Waals surface area contributed by atoms with Gasteiger partial charge in [0, 0.05) is 13.1 Å². The van der Waals surface area contributed by atoms with E-state index in [9.17, 15) is 4.79 Å². The van der Waals surface area contributed by atoms with Gasteiger partial charge in [-0.15, -0.1) is 0 Å². The predicted molar refractivity (Wildman–Crippen MR) is 98.7 cm³/mol. The van der Waals surface area contributed by atoms with Gasteiger partial charge in [-0.3, -0.25) is 0 Å². The molecule has 0 spiro atoms. The summed E-state index contributed by atoms with van der Waals surface area (Å²) in [4.78, 5) is 14.1. The molecule has 0 atom stereocenters. The van der Waals surface area contributed by atoms with Crippen molar-refractivity contribution in [3.63, 3.8) is 0 Å². The standard InChI is InChI=1S/C20H24N2O4/c1-3-22(13-16-7-8-18-19(12-16)26-14-25-18)20(23)21-9-10-24-17-6-4-5-15(2)11-17/h4-8,11-12H,3,9-10,13-14H2,1-2H3,(H,21,23). The third kappa shape index (κ3) is 4.59. The molecule has 6 nitrogen and oxygen atoms in total. The highest BCUT2D eigenvalue weighted by atomic mass is 16.7. The Morgan fingerprint density at radius 1 is 1.19 bits per heavy atom. The van der Waals surface area contributed by atoms with E-state index in [-0.39, 0.29) is 12.8 Å². The summed E-state index contributed by atoms with van der Waals surface area (Å²) in [5.41, 5.74) is 2.15. The van der Waals surface area contributed by atoms with Crippen LogP contribution in [0.2, 0.25) is 0 Å². The molecule has 0 saturated carbocycles. The van der Waals surface area contributed by atoms with Crippen LogP contribution in [0.1, 0.15) is 18.1 Å². The van der Waals surface area contributed by atoms with Crippen LogP contribution in [0, 0.1) is 6.92 Å². The lowest BCUT2D eigenvalue weighted by Gasteiger charge is -2.21. The van der Waals surface area contributed by atoms with E-state index in [1.165, 1.54) is 0 Å². The number of hydrogen-bond donors (Lipinski definition) is 1. The molecule has 0 aromatic heterocycles. The zero-order chi connectivity index (χ0) is 18.4. The lowest BCUT2D eigenvalue weighted by atomic mass is 10.2. The van der Waals surface area contributed by atoms with Crippen molar-refractivity contribution < 1.29 is 19.0 Å². The van der Waals surface area contributed by atoms with Crippen molar-refractivity contribution in [3.8, 4) is 17.2 Å². The summed E-state index contributed by atoms with van der Waals surface area (Å²) in [6, 6.07) is 13.5. The van der Waals surface area contributed by atoms with Crippen LogP contribution in [0.25, 0.3) is 0 Å². The minimum Gasteiger partial charge on any atom is -0.492 e. The molecule has 0 radical (unpaired) electrons. The number of hydrogen-bond acceptors (Lipinski definition) is 4. The minimum absolute atomic E-state index is 0.113. The predicted octanol–water partition coefficient (Wildman–Crippen LogP) is 3.33. The van der Waals surface area contributed by atoms with Crippen molar-refractivity contribution >= 4 is 6.03 Å². The van der Waals surface area contributed by atoms with Gasteiger partial charge in [-0.05, 0) is 49.2 Å². The Kier molecular flexibility index (Phi) is 5.84. The fourth-order valence-corrected chi connectivity index (χ4v) is 2.73. The lowest BCUT2D eigenvalue weighted by molar-refractivity contribution is 0.173. The van der Waals surface area contributed by atoms with E-state index in [1.807, 2.05) is 56.3 Å². The molecule has 2 aromatic carbocycles. The number of carbonyl (C=O) groups is 1. The number of benzene rings is 2. The van der Waals surface area contributed by atoms with Crippen molar-refractivity contribution in [2.75, 3.05) is 26.5 Å². The topological polar surface area (TPSA) is 60.0 Å². The highest BCUT2D eigenvalue weighted by Gasteiger charge is 2.16. The molecule has 0 saturated heterocycles. The zero-order valence-electron chi connectivity index (χ0n) is 15.2. The van der Waals surface area contributed by atoms with Gasteiger partial charge in [-0.2, -0.15) is 0 Å². The number of rotatable bonds is 7. The van der Waals surface area contributed by atoms with E-state index in [0.29, 0.717) is 26.2 Å². The van der Waals surface area contributed by atoms with Gasteiger partial charge < -0.3 is 24.4 Å². The zero-order valence-corrected chi connectivity index (χ0v) is 15.2. The van der Waals surface area contributed by atoms with Gasteiger partial charge in [0.05, 0.1) is 6.54 Å². The highest BCUT2D eigenvalue weighted by Crippen LogP contribution is 2.32. The third-order valence-corrected chi connectivity index (χ3v) is 4.12. The Morgan fingerprint density at radius 3 is 2.85 bits per heavy atom. The Hall–Kier alpha value is -2.89. The van der Waals surface area contributed by atoms with Gasteiger partial charge in [0.25, 0.3) is 0 Å². The first-order valence-electron chi connectivity index (χ1n) is 8.76. The van der Waals surface area contributed by atoms with Crippen LogP contribution >= 0.6 is 0 Å². The number of carbonyl (C=O) groups excluding carboxylic acids is 1. The molecule has 6 heteroatoms. The first-order valence-corrected chi connectivity index (χ1v) is 8.76. The molecule has 1 heterocycles. The third-order valence-electron chi connectivity index (χ3n) is 4.12. The first-order chi connectivity index (χ1) is 12.7.